The molecule has 0 aromatic heterocycles. The first kappa shape index (κ1) is 29.2. The number of hydrogen-bond donors (Lipinski definition) is 1. The van der Waals surface area contributed by atoms with Crippen LogP contribution in [-0.2, 0) is 27.4 Å². The fourth-order valence-electron chi connectivity index (χ4n) is 5.63. The lowest BCUT2D eigenvalue weighted by atomic mass is 9.79. The van der Waals surface area contributed by atoms with Gasteiger partial charge in [-0.1, -0.05) is 32.0 Å². The summed E-state index contributed by atoms with van der Waals surface area (Å²) in [5, 5.41) is -0.336. The summed E-state index contributed by atoms with van der Waals surface area (Å²) in [6.07, 6.45) is 1.97. The van der Waals surface area contributed by atoms with Crippen molar-refractivity contribution in [3.8, 4) is 11.5 Å². The lowest BCUT2D eigenvalue weighted by molar-refractivity contribution is -0.135. The molecule has 1 fully saturated rings. The van der Waals surface area contributed by atoms with Crippen LogP contribution in [0.15, 0.2) is 36.4 Å². The molecule has 1 saturated heterocycles. The van der Waals surface area contributed by atoms with Crippen molar-refractivity contribution in [2.24, 2.45) is 11.1 Å². The molecular formula is C30H40ClN3O5. The third kappa shape index (κ3) is 6.68. The van der Waals surface area contributed by atoms with Gasteiger partial charge in [0.15, 0.2) is 11.5 Å². The number of likely N-dealkylation sites (tertiary alicyclic amines) is 1. The first-order valence-corrected chi connectivity index (χ1v) is 14.0. The largest absolute Gasteiger partial charge is 0.493 e. The third-order valence-electron chi connectivity index (χ3n) is 7.71. The Morgan fingerprint density at radius 2 is 1.90 bits per heavy atom. The number of alkyl halides is 1. The fourth-order valence-corrected chi connectivity index (χ4v) is 5.84. The number of halogens is 1. The molecule has 0 bridgehead atoms. The van der Waals surface area contributed by atoms with Crippen LogP contribution in [0.1, 0.15) is 55.2 Å². The van der Waals surface area contributed by atoms with Gasteiger partial charge in [0.05, 0.1) is 32.6 Å². The molecule has 39 heavy (non-hydrogen) atoms. The Morgan fingerprint density at radius 1 is 1.15 bits per heavy atom. The van der Waals surface area contributed by atoms with Crippen molar-refractivity contribution in [1.82, 2.24) is 4.90 Å². The monoisotopic (exact) mass is 557 g/mol. The zero-order chi connectivity index (χ0) is 28.2. The minimum atomic E-state index is -0.902. The highest BCUT2D eigenvalue weighted by atomic mass is 35.5. The summed E-state index contributed by atoms with van der Waals surface area (Å²) in [6.45, 7) is 7.81. The van der Waals surface area contributed by atoms with Gasteiger partial charge in [-0.25, -0.2) is 0 Å². The molecule has 1 unspecified atom stereocenters. The Morgan fingerprint density at radius 3 is 2.56 bits per heavy atom. The highest BCUT2D eigenvalue weighted by molar-refractivity contribution is 6.21. The first-order valence-electron chi connectivity index (χ1n) is 13.5. The number of amides is 2. The van der Waals surface area contributed by atoms with Crippen LogP contribution in [-0.4, -0.2) is 63.2 Å². The minimum absolute atomic E-state index is 0.145. The van der Waals surface area contributed by atoms with Crippen molar-refractivity contribution >= 4 is 29.1 Å². The quantitative estimate of drug-likeness (QED) is 0.410. The number of primary amides is 1. The van der Waals surface area contributed by atoms with Gasteiger partial charge in [-0.05, 0) is 67.1 Å². The SMILES string of the molecule is COc1cccc(CC(C)(C)C(Cl)c2ccc3c(c2)CO[C@H](CC(N)=O)C(=O)N3CCN2CCCC2)c1OC. The van der Waals surface area contributed by atoms with E-state index in [-0.39, 0.29) is 29.7 Å². The fraction of sp³-hybridized carbons (Fsp3) is 0.533. The number of methoxy groups -OCH3 is 2. The van der Waals surface area contributed by atoms with Crippen molar-refractivity contribution in [2.75, 3.05) is 45.3 Å². The molecule has 212 valence electrons. The van der Waals surface area contributed by atoms with Crippen molar-refractivity contribution in [3.05, 3.63) is 53.1 Å². The van der Waals surface area contributed by atoms with E-state index in [9.17, 15) is 9.59 Å². The summed E-state index contributed by atoms with van der Waals surface area (Å²) in [7, 11) is 3.27. The molecule has 2 aliphatic rings. The topological polar surface area (TPSA) is 94.3 Å². The van der Waals surface area contributed by atoms with Crippen LogP contribution in [0.2, 0.25) is 0 Å². The normalized spacial score (nSPS) is 18.9. The number of carbonyl (C=O) groups excluding carboxylic acids is 2. The predicted octanol–water partition coefficient (Wildman–Crippen LogP) is 4.46. The van der Waals surface area contributed by atoms with E-state index in [1.807, 2.05) is 36.4 Å². The van der Waals surface area contributed by atoms with Crippen LogP contribution in [0.3, 0.4) is 0 Å². The smallest absolute Gasteiger partial charge is 0.256 e. The van der Waals surface area contributed by atoms with Crippen LogP contribution in [0.5, 0.6) is 11.5 Å². The van der Waals surface area contributed by atoms with E-state index in [0.717, 1.165) is 42.0 Å². The average molecular weight is 558 g/mol. The number of para-hydroxylation sites is 1. The third-order valence-corrected chi connectivity index (χ3v) is 8.55. The summed E-state index contributed by atoms with van der Waals surface area (Å²) in [5.41, 5.74) is 8.71. The van der Waals surface area contributed by atoms with Gasteiger partial charge < -0.3 is 29.7 Å². The van der Waals surface area contributed by atoms with Crippen molar-refractivity contribution in [3.63, 3.8) is 0 Å². The van der Waals surface area contributed by atoms with Gasteiger partial charge in [-0.3, -0.25) is 9.59 Å². The number of rotatable bonds is 11. The Labute approximate surface area is 236 Å². The lowest BCUT2D eigenvalue weighted by Gasteiger charge is -2.32. The lowest BCUT2D eigenvalue weighted by Crippen LogP contribution is -2.44. The molecule has 2 heterocycles. The van der Waals surface area contributed by atoms with Gasteiger partial charge in [0, 0.05) is 24.3 Å². The molecule has 2 amide bonds. The second-order valence-corrected chi connectivity index (χ2v) is 11.5. The molecule has 2 aromatic rings. The maximum Gasteiger partial charge on any atom is 0.256 e. The van der Waals surface area contributed by atoms with Crippen LogP contribution >= 0.6 is 11.6 Å². The molecule has 9 heteroatoms. The summed E-state index contributed by atoms with van der Waals surface area (Å²) in [5.74, 6) is 0.602. The van der Waals surface area contributed by atoms with E-state index in [1.165, 1.54) is 12.8 Å². The number of benzene rings is 2. The maximum atomic E-state index is 13.5. The molecule has 0 radical (unpaired) electrons. The summed E-state index contributed by atoms with van der Waals surface area (Å²) in [6, 6.07) is 11.8. The highest BCUT2D eigenvalue weighted by Gasteiger charge is 2.35. The van der Waals surface area contributed by atoms with Gasteiger partial charge in [0.2, 0.25) is 5.91 Å². The van der Waals surface area contributed by atoms with E-state index in [0.29, 0.717) is 24.5 Å². The molecule has 0 saturated carbocycles. The first-order chi connectivity index (χ1) is 18.6. The van der Waals surface area contributed by atoms with E-state index in [2.05, 4.69) is 18.7 Å². The Balaban J connectivity index is 1.60. The molecule has 0 spiro atoms. The number of anilines is 1. The van der Waals surface area contributed by atoms with Crippen molar-refractivity contribution in [1.29, 1.82) is 0 Å². The Kier molecular flexibility index (Phi) is 9.41. The van der Waals surface area contributed by atoms with Crippen molar-refractivity contribution in [2.45, 2.75) is 57.6 Å². The predicted molar refractivity (Wildman–Crippen MR) is 152 cm³/mol. The molecule has 0 aliphatic carbocycles. The van der Waals surface area contributed by atoms with E-state index in [1.54, 1.807) is 19.1 Å². The number of carbonyl (C=O) groups is 2. The van der Waals surface area contributed by atoms with Crippen molar-refractivity contribution < 1.29 is 23.8 Å². The Bertz CT molecular complexity index is 1180. The van der Waals surface area contributed by atoms with E-state index < -0.39 is 12.0 Å². The summed E-state index contributed by atoms with van der Waals surface area (Å²) in [4.78, 5) is 29.3. The number of ether oxygens (including phenoxy) is 3. The molecular weight excluding hydrogens is 518 g/mol. The average Bonchev–Trinajstić information content (AvgIpc) is 3.40. The van der Waals surface area contributed by atoms with Gasteiger partial charge in [-0.2, -0.15) is 0 Å². The summed E-state index contributed by atoms with van der Waals surface area (Å²) < 4.78 is 17.1. The zero-order valence-electron chi connectivity index (χ0n) is 23.4. The van der Waals surface area contributed by atoms with Crippen LogP contribution in [0.25, 0.3) is 0 Å². The van der Waals surface area contributed by atoms with E-state index >= 15 is 0 Å². The van der Waals surface area contributed by atoms with Crippen LogP contribution in [0, 0.1) is 5.41 Å². The second-order valence-electron chi connectivity index (χ2n) is 11.1. The highest BCUT2D eigenvalue weighted by Crippen LogP contribution is 2.45. The molecule has 4 rings (SSSR count). The number of fused-ring (bicyclic) bond motifs is 1. The number of hydrogen-bond acceptors (Lipinski definition) is 6. The molecule has 8 nitrogen and oxygen atoms in total. The number of nitrogens with two attached hydrogens (primary N) is 1. The second kappa shape index (κ2) is 12.6. The molecule has 2 aromatic carbocycles. The van der Waals surface area contributed by atoms with Gasteiger partial charge >= 0.3 is 0 Å². The van der Waals surface area contributed by atoms with E-state index in [4.69, 9.17) is 31.5 Å². The standard InChI is InChI=1S/C30H40ClN3O5/c1-30(2,18-21-8-7-9-24(37-3)27(21)38-4)28(31)20-10-11-23-22(16-20)19-39-25(17-26(32)35)29(36)34(23)15-14-33-12-5-6-13-33/h7-11,16,25,28H,5-6,12-15,17-19H2,1-4H3,(H2,32,35)/t25-,28?/m1/s1. The maximum absolute atomic E-state index is 13.5. The number of nitrogens with zero attached hydrogens (tertiary/aromatic N) is 2. The van der Waals surface area contributed by atoms with Crippen LogP contribution < -0.4 is 20.1 Å². The zero-order valence-corrected chi connectivity index (χ0v) is 24.1. The summed E-state index contributed by atoms with van der Waals surface area (Å²) >= 11 is 7.15. The van der Waals surface area contributed by atoms with Gasteiger partial charge in [0.1, 0.15) is 6.10 Å². The Hall–Kier alpha value is -2.81. The molecule has 2 aliphatic heterocycles. The van der Waals surface area contributed by atoms with Crippen LogP contribution in [0.4, 0.5) is 5.69 Å². The van der Waals surface area contributed by atoms with Gasteiger partial charge in [-0.15, -0.1) is 11.6 Å². The van der Waals surface area contributed by atoms with Gasteiger partial charge in [0.25, 0.3) is 5.91 Å². The molecule has 2 N–H and O–H groups in total. The molecule has 2 atom stereocenters. The minimum Gasteiger partial charge on any atom is -0.493 e.